The number of benzene rings is 1. The van der Waals surface area contributed by atoms with E-state index in [2.05, 4.69) is 52.4 Å². The third-order valence-corrected chi connectivity index (χ3v) is 4.68. The highest BCUT2D eigenvalue weighted by Gasteiger charge is 2.15. The normalized spacial score (nSPS) is 11.0. The molecule has 3 aromatic heterocycles. The first-order valence-corrected chi connectivity index (χ1v) is 8.64. The van der Waals surface area contributed by atoms with Gasteiger partial charge in [0.1, 0.15) is 5.69 Å². The summed E-state index contributed by atoms with van der Waals surface area (Å²) in [5, 5.41) is 9.16. The Labute approximate surface area is 148 Å². The molecule has 0 aliphatic carbocycles. The highest BCUT2D eigenvalue weighted by atomic mass is 32.1. The molecule has 0 fully saturated rings. The molecule has 0 unspecified atom stereocenters. The summed E-state index contributed by atoms with van der Waals surface area (Å²) in [7, 11) is 0. The van der Waals surface area contributed by atoms with Gasteiger partial charge in [0.15, 0.2) is 0 Å². The molecule has 25 heavy (non-hydrogen) atoms. The lowest BCUT2D eigenvalue weighted by Crippen LogP contribution is -2.14. The molecule has 0 saturated carbocycles. The number of aryl methyl sites for hydroxylation is 2. The van der Waals surface area contributed by atoms with Gasteiger partial charge in [-0.2, -0.15) is 4.98 Å². The van der Waals surface area contributed by atoms with Crippen LogP contribution in [0.15, 0.2) is 48.0 Å². The van der Waals surface area contributed by atoms with Crippen LogP contribution in [0.25, 0.3) is 16.2 Å². The number of hydrogen-bond acceptors (Lipinski definition) is 5. The second kappa shape index (κ2) is 6.10. The third kappa shape index (κ3) is 2.89. The fourth-order valence-corrected chi connectivity index (χ4v) is 3.51. The first-order valence-electron chi connectivity index (χ1n) is 7.76. The molecule has 0 bridgehead atoms. The van der Waals surface area contributed by atoms with Crippen molar-refractivity contribution < 1.29 is 4.79 Å². The Morgan fingerprint density at radius 1 is 1.20 bits per heavy atom. The second-order valence-corrected chi connectivity index (χ2v) is 6.57. The maximum absolute atomic E-state index is 12.2. The minimum absolute atomic E-state index is 0.272. The number of nitrogens with zero attached hydrogens (tertiary/aromatic N) is 4. The van der Waals surface area contributed by atoms with Crippen molar-refractivity contribution in [2.45, 2.75) is 13.8 Å². The number of hydrogen-bond donors (Lipinski definition) is 1. The maximum atomic E-state index is 12.2. The van der Waals surface area contributed by atoms with Crippen molar-refractivity contribution in [2.75, 3.05) is 5.32 Å². The number of thiazole rings is 1. The lowest BCUT2D eigenvalue weighted by molar-refractivity contribution is 0.102. The molecule has 0 aliphatic rings. The van der Waals surface area contributed by atoms with Gasteiger partial charge in [-0.05, 0) is 31.5 Å². The van der Waals surface area contributed by atoms with E-state index >= 15 is 0 Å². The van der Waals surface area contributed by atoms with Gasteiger partial charge in [0.2, 0.25) is 4.96 Å². The van der Waals surface area contributed by atoms with Crippen LogP contribution < -0.4 is 5.32 Å². The first-order chi connectivity index (χ1) is 12.1. The maximum Gasteiger partial charge on any atom is 0.276 e. The van der Waals surface area contributed by atoms with Crippen LogP contribution in [0.5, 0.6) is 0 Å². The largest absolute Gasteiger partial charge is 0.288 e. The monoisotopic (exact) mass is 349 g/mol. The van der Waals surface area contributed by atoms with Gasteiger partial charge in [-0.25, -0.2) is 4.52 Å². The molecule has 1 amide bonds. The summed E-state index contributed by atoms with van der Waals surface area (Å²) in [5.74, 6) is -0.0552. The number of pyridine rings is 1. The van der Waals surface area contributed by atoms with Gasteiger partial charge in [-0.1, -0.05) is 29.8 Å². The van der Waals surface area contributed by atoms with Crippen LogP contribution in [-0.4, -0.2) is 25.5 Å². The molecule has 6 nitrogen and oxygen atoms in total. The number of rotatable bonds is 3. The lowest BCUT2D eigenvalue weighted by atomic mass is 10.0. The Balaban J connectivity index is 1.68. The molecular formula is C18H15N5OS. The van der Waals surface area contributed by atoms with E-state index in [4.69, 9.17) is 0 Å². The molecule has 4 rings (SSSR count). The van der Waals surface area contributed by atoms with Crippen LogP contribution in [0.3, 0.4) is 0 Å². The molecule has 7 heteroatoms. The Hall–Kier alpha value is -3.06. The fraction of sp³-hybridized carbons (Fsp3) is 0.111. The highest BCUT2D eigenvalue weighted by molar-refractivity contribution is 7.15. The van der Waals surface area contributed by atoms with E-state index in [-0.39, 0.29) is 11.9 Å². The van der Waals surface area contributed by atoms with E-state index in [1.54, 1.807) is 28.9 Å². The van der Waals surface area contributed by atoms with Gasteiger partial charge in [-0.3, -0.25) is 15.1 Å². The van der Waals surface area contributed by atoms with Crippen molar-refractivity contribution in [2.24, 2.45) is 0 Å². The molecule has 0 spiro atoms. The Bertz CT molecular complexity index is 1070. The van der Waals surface area contributed by atoms with Crippen molar-refractivity contribution in [3.05, 3.63) is 64.8 Å². The molecule has 1 aromatic carbocycles. The second-order valence-electron chi connectivity index (χ2n) is 5.74. The van der Waals surface area contributed by atoms with E-state index in [1.807, 2.05) is 5.38 Å². The molecule has 0 atom stereocenters. The van der Waals surface area contributed by atoms with Gasteiger partial charge >= 0.3 is 0 Å². The Morgan fingerprint density at radius 2 is 2.08 bits per heavy atom. The predicted molar refractivity (Wildman–Crippen MR) is 98.0 cm³/mol. The third-order valence-electron chi connectivity index (χ3n) is 3.86. The van der Waals surface area contributed by atoms with Gasteiger partial charge < -0.3 is 0 Å². The summed E-state index contributed by atoms with van der Waals surface area (Å²) in [4.78, 5) is 21.3. The molecule has 0 saturated heterocycles. The molecule has 3 heterocycles. The van der Waals surface area contributed by atoms with E-state index < -0.39 is 0 Å². The van der Waals surface area contributed by atoms with Gasteiger partial charge in [0.25, 0.3) is 11.9 Å². The van der Waals surface area contributed by atoms with Crippen LogP contribution in [-0.2, 0) is 0 Å². The predicted octanol–water partition coefficient (Wildman–Crippen LogP) is 3.72. The number of carbonyl (C=O) groups is 1. The van der Waals surface area contributed by atoms with Crippen LogP contribution in [0.1, 0.15) is 21.6 Å². The molecular weight excluding hydrogens is 334 g/mol. The van der Waals surface area contributed by atoms with E-state index in [9.17, 15) is 4.79 Å². The van der Waals surface area contributed by atoms with Crippen molar-refractivity contribution in [3.63, 3.8) is 0 Å². The number of aromatic nitrogens is 4. The lowest BCUT2D eigenvalue weighted by Gasteiger charge is -2.05. The van der Waals surface area contributed by atoms with Crippen molar-refractivity contribution in [3.8, 4) is 11.3 Å². The minimum Gasteiger partial charge on any atom is -0.288 e. The summed E-state index contributed by atoms with van der Waals surface area (Å²) in [6, 6.07) is 11.5. The van der Waals surface area contributed by atoms with E-state index in [0.29, 0.717) is 5.69 Å². The van der Waals surface area contributed by atoms with Gasteiger partial charge in [0, 0.05) is 17.1 Å². The molecule has 0 radical (unpaired) electrons. The van der Waals surface area contributed by atoms with E-state index in [0.717, 1.165) is 16.2 Å². The Kier molecular flexibility index (Phi) is 3.77. The summed E-state index contributed by atoms with van der Waals surface area (Å²) in [6.45, 7) is 4.15. The first kappa shape index (κ1) is 15.5. The Morgan fingerprint density at radius 3 is 2.84 bits per heavy atom. The fourth-order valence-electron chi connectivity index (χ4n) is 2.68. The molecule has 1 N–H and O–H groups in total. The molecule has 124 valence electrons. The zero-order chi connectivity index (χ0) is 17.4. The minimum atomic E-state index is -0.327. The van der Waals surface area contributed by atoms with Crippen LogP contribution in [0.2, 0.25) is 0 Å². The van der Waals surface area contributed by atoms with Gasteiger partial charge in [0.05, 0.1) is 5.69 Å². The SMILES string of the molecule is Cc1ccc(-c2csc3nc(NC(=O)c4ccccn4)nn23)c(C)c1. The van der Waals surface area contributed by atoms with Gasteiger partial charge in [-0.15, -0.1) is 16.4 Å². The smallest absolute Gasteiger partial charge is 0.276 e. The number of carbonyl (C=O) groups excluding carboxylic acids is 1. The molecule has 0 aliphatic heterocycles. The summed E-state index contributed by atoms with van der Waals surface area (Å²) in [5.41, 5.74) is 4.78. The number of fused-ring (bicyclic) bond motifs is 1. The zero-order valence-electron chi connectivity index (χ0n) is 13.7. The van der Waals surface area contributed by atoms with Crippen molar-refractivity contribution >= 4 is 28.2 Å². The summed E-state index contributed by atoms with van der Waals surface area (Å²) < 4.78 is 1.76. The quantitative estimate of drug-likeness (QED) is 0.612. The van der Waals surface area contributed by atoms with E-state index in [1.165, 1.54) is 22.5 Å². The number of amides is 1. The summed E-state index contributed by atoms with van der Waals surface area (Å²) >= 11 is 1.49. The van der Waals surface area contributed by atoms with Crippen LogP contribution in [0, 0.1) is 13.8 Å². The summed E-state index contributed by atoms with van der Waals surface area (Å²) in [6.07, 6.45) is 1.58. The van der Waals surface area contributed by atoms with Crippen molar-refractivity contribution in [1.29, 1.82) is 0 Å². The average Bonchev–Trinajstić information content (AvgIpc) is 3.16. The highest BCUT2D eigenvalue weighted by Crippen LogP contribution is 2.28. The topological polar surface area (TPSA) is 72.2 Å². The van der Waals surface area contributed by atoms with Crippen molar-refractivity contribution in [1.82, 2.24) is 19.6 Å². The zero-order valence-corrected chi connectivity index (χ0v) is 14.5. The standard InChI is InChI=1S/C18H15N5OS/c1-11-6-7-13(12(2)9-11)15-10-25-18-21-17(22-23(15)18)20-16(24)14-5-3-4-8-19-14/h3-10H,1-2H3,(H,20,22,24). The number of anilines is 1. The van der Waals surface area contributed by atoms with Crippen LogP contribution in [0.4, 0.5) is 5.95 Å². The molecule has 4 aromatic rings. The number of nitrogens with one attached hydrogen (secondary N) is 1. The van der Waals surface area contributed by atoms with Crippen LogP contribution >= 0.6 is 11.3 Å². The average molecular weight is 349 g/mol.